The highest BCUT2D eigenvalue weighted by molar-refractivity contribution is 7.80. The number of quaternary nitrogens is 1. The van der Waals surface area contributed by atoms with Gasteiger partial charge in [-0.1, -0.05) is 42.5 Å². The predicted octanol–water partition coefficient (Wildman–Crippen LogP) is 1.84. The lowest BCUT2D eigenvalue weighted by Crippen LogP contribution is -3.14. The van der Waals surface area contributed by atoms with Crippen LogP contribution in [-0.2, 0) is 11.3 Å². The van der Waals surface area contributed by atoms with E-state index < -0.39 is 0 Å². The molecule has 0 atom stereocenters. The lowest BCUT2D eigenvalue weighted by atomic mass is 10.2. The molecule has 3 rings (SSSR count). The fourth-order valence-electron chi connectivity index (χ4n) is 3.22. The minimum atomic E-state index is 0.503. The van der Waals surface area contributed by atoms with Crippen molar-refractivity contribution >= 4 is 17.2 Å². The normalized spacial score (nSPS) is 14.5. The molecule has 1 aliphatic rings. The summed E-state index contributed by atoms with van der Waals surface area (Å²) in [6, 6.07) is 15.9. The quantitative estimate of drug-likeness (QED) is 0.496. The fraction of sp³-hybridized carbons (Fsp3) is 0.409. The Morgan fingerprint density at radius 2 is 1.89 bits per heavy atom. The Balaban J connectivity index is 1.48. The second kappa shape index (κ2) is 11.0. The van der Waals surface area contributed by atoms with Crippen molar-refractivity contribution in [2.45, 2.75) is 13.0 Å². The first-order valence-corrected chi connectivity index (χ1v) is 10.2. The van der Waals surface area contributed by atoms with Gasteiger partial charge in [0.05, 0.1) is 26.9 Å². The van der Waals surface area contributed by atoms with E-state index in [-0.39, 0.29) is 0 Å². The fourth-order valence-corrected chi connectivity index (χ4v) is 3.44. The minimum Gasteiger partial charge on any atom is -0.493 e. The van der Waals surface area contributed by atoms with Crippen molar-refractivity contribution in [2.75, 3.05) is 46.5 Å². The van der Waals surface area contributed by atoms with Crippen LogP contribution in [0.2, 0.25) is 0 Å². The highest BCUT2D eigenvalue weighted by Crippen LogP contribution is 2.29. The summed E-state index contributed by atoms with van der Waals surface area (Å²) in [5, 5.41) is 3.36. The zero-order valence-electron chi connectivity index (χ0n) is 16.4. The van der Waals surface area contributed by atoms with Crippen LogP contribution in [0.15, 0.2) is 48.5 Å². The monoisotopic (exact) mass is 401 g/mol. The Bertz CT molecular complexity index is 749. The van der Waals surface area contributed by atoms with E-state index >= 15 is 0 Å². The molecule has 0 unspecified atom stereocenters. The van der Waals surface area contributed by atoms with Gasteiger partial charge in [0.2, 0.25) is 0 Å². The molecule has 6 heteroatoms. The lowest BCUT2D eigenvalue weighted by Gasteiger charge is -2.23. The van der Waals surface area contributed by atoms with Crippen LogP contribution in [0, 0.1) is 0 Å². The summed E-state index contributed by atoms with van der Waals surface area (Å²) in [5.74, 6) is 1.41. The molecule has 1 heterocycles. The second-order valence-electron chi connectivity index (χ2n) is 6.86. The number of methoxy groups -OCH3 is 1. The van der Waals surface area contributed by atoms with Crippen LogP contribution < -0.4 is 19.7 Å². The molecule has 1 aliphatic heterocycles. The molecule has 1 fully saturated rings. The van der Waals surface area contributed by atoms with E-state index in [0.29, 0.717) is 18.1 Å². The van der Waals surface area contributed by atoms with Gasteiger partial charge < -0.3 is 24.4 Å². The van der Waals surface area contributed by atoms with Crippen molar-refractivity contribution in [3.05, 3.63) is 59.7 Å². The second-order valence-corrected chi connectivity index (χ2v) is 7.27. The highest BCUT2D eigenvalue weighted by atomic mass is 32.1. The Hall–Kier alpha value is -2.15. The molecule has 150 valence electrons. The summed E-state index contributed by atoms with van der Waals surface area (Å²) >= 11 is 5.55. The molecule has 0 saturated carbocycles. The molecule has 0 radical (unpaired) electrons. The van der Waals surface area contributed by atoms with Gasteiger partial charge >= 0.3 is 0 Å². The molecule has 0 bridgehead atoms. The Morgan fingerprint density at radius 3 is 2.64 bits per heavy atom. The average Bonchev–Trinajstić information content (AvgIpc) is 2.76. The summed E-state index contributed by atoms with van der Waals surface area (Å²) in [4.78, 5) is 2.35. The lowest BCUT2D eigenvalue weighted by molar-refractivity contribution is -0.908. The van der Waals surface area contributed by atoms with E-state index in [1.54, 1.807) is 12.0 Å². The molecule has 0 aromatic heterocycles. The van der Waals surface area contributed by atoms with Gasteiger partial charge in [-0.3, -0.25) is 0 Å². The van der Waals surface area contributed by atoms with E-state index in [0.717, 1.165) is 61.9 Å². The summed E-state index contributed by atoms with van der Waals surface area (Å²) in [5.41, 5.74) is 2.06. The maximum Gasteiger partial charge on any atom is 0.161 e. The summed E-state index contributed by atoms with van der Waals surface area (Å²) in [7, 11) is 1.65. The molecule has 28 heavy (non-hydrogen) atoms. The zero-order chi connectivity index (χ0) is 19.6. The van der Waals surface area contributed by atoms with E-state index in [4.69, 9.17) is 26.4 Å². The van der Waals surface area contributed by atoms with Gasteiger partial charge in [0.1, 0.15) is 24.7 Å². The average molecular weight is 402 g/mol. The van der Waals surface area contributed by atoms with Crippen LogP contribution >= 0.6 is 12.2 Å². The maximum atomic E-state index is 5.91. The standard InChI is InChI=1S/C22H28N2O3S/c1-25-21-16-19(8-9-20(21)27-17-18-6-3-2-4-7-18)22(28)23-10-5-11-24-12-14-26-15-13-24/h2-4,6-9,16H,5,10-15,17H2,1H3,(H,23,28)/p+1. The molecular formula is C22H29N2O3S+. The number of hydrogen-bond donors (Lipinski definition) is 2. The van der Waals surface area contributed by atoms with Crippen LogP contribution in [0.5, 0.6) is 11.5 Å². The maximum absolute atomic E-state index is 5.91. The summed E-state index contributed by atoms with van der Waals surface area (Å²) in [6.07, 6.45) is 1.09. The number of ether oxygens (including phenoxy) is 3. The summed E-state index contributed by atoms with van der Waals surface area (Å²) < 4.78 is 16.8. The van der Waals surface area contributed by atoms with E-state index in [9.17, 15) is 0 Å². The molecule has 2 aromatic rings. The van der Waals surface area contributed by atoms with Crippen molar-refractivity contribution in [1.82, 2.24) is 5.32 Å². The van der Waals surface area contributed by atoms with Crippen molar-refractivity contribution in [2.24, 2.45) is 0 Å². The van der Waals surface area contributed by atoms with E-state index in [1.807, 2.05) is 48.5 Å². The third-order valence-corrected chi connectivity index (χ3v) is 5.24. The molecule has 1 saturated heterocycles. The third kappa shape index (κ3) is 6.19. The number of morpholine rings is 1. The van der Waals surface area contributed by atoms with Crippen LogP contribution in [0.25, 0.3) is 0 Å². The smallest absolute Gasteiger partial charge is 0.161 e. The molecule has 2 aromatic carbocycles. The number of rotatable bonds is 9. The third-order valence-electron chi connectivity index (χ3n) is 4.86. The van der Waals surface area contributed by atoms with Gasteiger partial charge in [-0.2, -0.15) is 0 Å². The molecule has 0 amide bonds. The zero-order valence-corrected chi connectivity index (χ0v) is 17.2. The van der Waals surface area contributed by atoms with Crippen LogP contribution in [0.3, 0.4) is 0 Å². The van der Waals surface area contributed by atoms with Gasteiger partial charge in [0.15, 0.2) is 11.5 Å². The van der Waals surface area contributed by atoms with Crippen LogP contribution in [0.4, 0.5) is 0 Å². The molecular weight excluding hydrogens is 372 g/mol. The van der Waals surface area contributed by atoms with Gasteiger partial charge in [-0.05, 0) is 23.8 Å². The largest absolute Gasteiger partial charge is 0.493 e. The number of hydrogen-bond acceptors (Lipinski definition) is 4. The highest BCUT2D eigenvalue weighted by Gasteiger charge is 2.13. The van der Waals surface area contributed by atoms with E-state index in [2.05, 4.69) is 5.32 Å². The van der Waals surface area contributed by atoms with Crippen molar-refractivity contribution < 1.29 is 19.1 Å². The number of benzene rings is 2. The summed E-state index contributed by atoms with van der Waals surface area (Å²) in [6.45, 7) is 6.48. The number of thiocarbonyl (C=S) groups is 1. The Labute approximate surface area is 172 Å². The van der Waals surface area contributed by atoms with Crippen LogP contribution in [-0.4, -0.2) is 51.5 Å². The minimum absolute atomic E-state index is 0.503. The van der Waals surface area contributed by atoms with Crippen LogP contribution in [0.1, 0.15) is 17.5 Å². The van der Waals surface area contributed by atoms with E-state index in [1.165, 1.54) is 0 Å². The Kier molecular flexibility index (Phi) is 8.08. The first-order chi connectivity index (χ1) is 13.8. The van der Waals surface area contributed by atoms with Crippen molar-refractivity contribution in [1.29, 1.82) is 0 Å². The van der Waals surface area contributed by atoms with Crippen molar-refractivity contribution in [3.63, 3.8) is 0 Å². The molecule has 0 aliphatic carbocycles. The first kappa shape index (κ1) is 20.6. The van der Waals surface area contributed by atoms with Gasteiger partial charge in [0, 0.05) is 18.5 Å². The molecule has 2 N–H and O–H groups in total. The molecule has 0 spiro atoms. The molecule has 5 nitrogen and oxygen atoms in total. The van der Waals surface area contributed by atoms with Crippen molar-refractivity contribution in [3.8, 4) is 11.5 Å². The number of nitrogens with one attached hydrogen (secondary N) is 2. The SMILES string of the molecule is COc1cc(C(=S)NCCC[NH+]2CCOCC2)ccc1OCc1ccccc1. The Morgan fingerprint density at radius 1 is 1.11 bits per heavy atom. The topological polar surface area (TPSA) is 44.2 Å². The predicted molar refractivity (Wildman–Crippen MR) is 114 cm³/mol. The van der Waals surface area contributed by atoms with Gasteiger partial charge in [0.25, 0.3) is 0 Å². The van der Waals surface area contributed by atoms with Gasteiger partial charge in [-0.15, -0.1) is 0 Å². The first-order valence-electron chi connectivity index (χ1n) is 9.80. The van der Waals surface area contributed by atoms with Gasteiger partial charge in [-0.25, -0.2) is 0 Å².